The summed E-state index contributed by atoms with van der Waals surface area (Å²) in [5.41, 5.74) is 2.01. The van der Waals surface area contributed by atoms with Gasteiger partial charge in [0, 0.05) is 16.3 Å². The van der Waals surface area contributed by atoms with Crippen molar-refractivity contribution >= 4 is 29.2 Å². The molecule has 3 aromatic carbocycles. The maximum atomic E-state index is 12.7. The largest absolute Gasteiger partial charge is 0.447 e. The highest BCUT2D eigenvalue weighted by atomic mass is 35.5. The molecule has 3 rings (SSSR count). The fourth-order valence-corrected chi connectivity index (χ4v) is 2.70. The van der Waals surface area contributed by atoms with Crippen molar-refractivity contribution in [1.82, 2.24) is 0 Å². The molecule has 0 unspecified atom stereocenters. The zero-order chi connectivity index (χ0) is 19.1. The van der Waals surface area contributed by atoms with Crippen molar-refractivity contribution in [3.63, 3.8) is 0 Å². The molecule has 27 heavy (non-hydrogen) atoms. The van der Waals surface area contributed by atoms with Gasteiger partial charge in [-0.15, -0.1) is 0 Å². The molecular formula is C22H18ClNO3. The molecule has 0 radical (unpaired) electrons. The van der Waals surface area contributed by atoms with E-state index in [1.165, 1.54) is 0 Å². The lowest BCUT2D eigenvalue weighted by Crippen LogP contribution is -2.26. The highest BCUT2D eigenvalue weighted by Crippen LogP contribution is 2.21. The van der Waals surface area contributed by atoms with E-state index in [0.717, 1.165) is 5.56 Å². The summed E-state index contributed by atoms with van der Waals surface area (Å²) < 4.78 is 5.52. The maximum Gasteiger partial charge on any atom is 0.311 e. The van der Waals surface area contributed by atoms with E-state index in [-0.39, 0.29) is 6.42 Å². The summed E-state index contributed by atoms with van der Waals surface area (Å²) in [6.07, 6.45) is -0.981. The Morgan fingerprint density at radius 3 is 2.07 bits per heavy atom. The topological polar surface area (TPSA) is 55.4 Å². The number of amides is 1. The van der Waals surface area contributed by atoms with Gasteiger partial charge in [0.1, 0.15) is 0 Å². The second kappa shape index (κ2) is 9.01. The van der Waals surface area contributed by atoms with Crippen LogP contribution in [0.1, 0.15) is 17.2 Å². The van der Waals surface area contributed by atoms with Gasteiger partial charge in [-0.2, -0.15) is 0 Å². The van der Waals surface area contributed by atoms with Gasteiger partial charge in [-0.25, -0.2) is 0 Å². The average Bonchev–Trinajstić information content (AvgIpc) is 2.69. The zero-order valence-electron chi connectivity index (χ0n) is 14.5. The molecule has 0 bridgehead atoms. The summed E-state index contributed by atoms with van der Waals surface area (Å²) in [4.78, 5) is 25.1. The molecule has 0 fully saturated rings. The Balaban J connectivity index is 1.74. The molecule has 0 saturated carbocycles. The fraction of sp³-hybridized carbons (Fsp3) is 0.0909. The summed E-state index contributed by atoms with van der Waals surface area (Å²) in [6, 6.07) is 24.9. The first-order valence-corrected chi connectivity index (χ1v) is 8.84. The van der Waals surface area contributed by atoms with Gasteiger partial charge in [0.25, 0.3) is 5.91 Å². The van der Waals surface area contributed by atoms with Crippen LogP contribution in [0.3, 0.4) is 0 Å². The molecule has 3 aromatic rings. The Hall–Kier alpha value is -3.11. The molecule has 0 aromatic heterocycles. The summed E-state index contributed by atoms with van der Waals surface area (Å²) >= 11 is 5.86. The number of carbonyl (C=O) groups excluding carboxylic acids is 2. The van der Waals surface area contributed by atoms with Crippen molar-refractivity contribution in [2.45, 2.75) is 12.5 Å². The fourth-order valence-electron chi connectivity index (χ4n) is 2.57. The quantitative estimate of drug-likeness (QED) is 0.625. The third-order valence-corrected chi connectivity index (χ3v) is 4.14. The molecule has 4 nitrogen and oxygen atoms in total. The van der Waals surface area contributed by atoms with Crippen molar-refractivity contribution in [1.29, 1.82) is 0 Å². The van der Waals surface area contributed by atoms with E-state index >= 15 is 0 Å². The lowest BCUT2D eigenvalue weighted by Gasteiger charge is -2.18. The van der Waals surface area contributed by atoms with Crippen LogP contribution in [0.15, 0.2) is 84.9 Å². The predicted molar refractivity (Wildman–Crippen MR) is 106 cm³/mol. The highest BCUT2D eigenvalue weighted by Gasteiger charge is 2.25. The molecular weight excluding hydrogens is 362 g/mol. The minimum atomic E-state index is -1.04. The van der Waals surface area contributed by atoms with Gasteiger partial charge in [0.15, 0.2) is 0 Å². The predicted octanol–water partition coefficient (Wildman–Crippen LogP) is 4.81. The molecule has 0 aliphatic carbocycles. The first-order chi connectivity index (χ1) is 13.1. The van der Waals surface area contributed by atoms with Gasteiger partial charge < -0.3 is 10.1 Å². The smallest absolute Gasteiger partial charge is 0.311 e. The summed E-state index contributed by atoms with van der Waals surface area (Å²) in [5, 5.41) is 3.38. The first kappa shape index (κ1) is 18.7. The Bertz CT molecular complexity index is 896. The molecule has 0 heterocycles. The number of nitrogens with one attached hydrogen (secondary N) is 1. The Morgan fingerprint density at radius 2 is 1.44 bits per heavy atom. The van der Waals surface area contributed by atoms with Gasteiger partial charge in [0.05, 0.1) is 6.42 Å². The second-order valence-electron chi connectivity index (χ2n) is 5.94. The number of esters is 1. The number of para-hydroxylation sites is 1. The standard InChI is InChI=1S/C22H18ClNO3/c23-18-13-11-16(12-14-18)15-20(25)27-21(17-7-3-1-4-8-17)22(26)24-19-9-5-2-6-10-19/h1-14,21H,15H2,(H,24,26)/t21-/m1/s1. The average molecular weight is 380 g/mol. The number of hydrogen-bond donors (Lipinski definition) is 1. The van der Waals surface area contributed by atoms with Crippen LogP contribution in [-0.4, -0.2) is 11.9 Å². The molecule has 1 N–H and O–H groups in total. The number of benzene rings is 3. The van der Waals surface area contributed by atoms with E-state index in [0.29, 0.717) is 16.3 Å². The van der Waals surface area contributed by atoms with Gasteiger partial charge in [-0.1, -0.05) is 72.3 Å². The van der Waals surface area contributed by atoms with E-state index in [1.807, 2.05) is 24.3 Å². The molecule has 5 heteroatoms. The van der Waals surface area contributed by atoms with Crippen molar-refractivity contribution in [3.05, 3.63) is 101 Å². The van der Waals surface area contributed by atoms with E-state index < -0.39 is 18.0 Å². The monoisotopic (exact) mass is 379 g/mol. The molecule has 0 saturated heterocycles. The number of hydrogen-bond acceptors (Lipinski definition) is 3. The Labute approximate surface area is 162 Å². The van der Waals surface area contributed by atoms with Gasteiger partial charge in [-0.05, 0) is 29.8 Å². The minimum absolute atomic E-state index is 0.0547. The van der Waals surface area contributed by atoms with Crippen LogP contribution in [0.2, 0.25) is 5.02 Å². The Kier molecular flexibility index (Phi) is 6.23. The van der Waals surface area contributed by atoms with Crippen LogP contribution in [0.5, 0.6) is 0 Å². The molecule has 1 amide bonds. The highest BCUT2D eigenvalue weighted by molar-refractivity contribution is 6.30. The van der Waals surface area contributed by atoms with Crippen molar-refractivity contribution in [2.75, 3.05) is 5.32 Å². The number of halogens is 1. The molecule has 0 spiro atoms. The number of anilines is 1. The van der Waals surface area contributed by atoms with E-state index in [2.05, 4.69) is 5.32 Å². The van der Waals surface area contributed by atoms with Crippen LogP contribution in [-0.2, 0) is 20.7 Å². The lowest BCUT2D eigenvalue weighted by atomic mass is 10.1. The molecule has 0 aliphatic heterocycles. The summed E-state index contributed by atoms with van der Waals surface area (Å²) in [5.74, 6) is -0.897. The number of carbonyl (C=O) groups is 2. The van der Waals surface area contributed by atoms with Gasteiger partial charge >= 0.3 is 5.97 Å². The van der Waals surface area contributed by atoms with Crippen molar-refractivity contribution in [2.24, 2.45) is 0 Å². The second-order valence-corrected chi connectivity index (χ2v) is 6.38. The van der Waals surface area contributed by atoms with Crippen LogP contribution < -0.4 is 5.32 Å². The summed E-state index contributed by atoms with van der Waals surface area (Å²) in [6.45, 7) is 0. The summed E-state index contributed by atoms with van der Waals surface area (Å²) in [7, 11) is 0. The third kappa shape index (κ3) is 5.43. The number of ether oxygens (including phenoxy) is 1. The van der Waals surface area contributed by atoms with E-state index in [1.54, 1.807) is 60.7 Å². The molecule has 0 aliphatic rings. The normalized spacial score (nSPS) is 11.4. The van der Waals surface area contributed by atoms with Crippen molar-refractivity contribution < 1.29 is 14.3 Å². The van der Waals surface area contributed by atoms with Crippen LogP contribution in [0.25, 0.3) is 0 Å². The van der Waals surface area contributed by atoms with Crippen LogP contribution >= 0.6 is 11.6 Å². The molecule has 136 valence electrons. The zero-order valence-corrected chi connectivity index (χ0v) is 15.2. The first-order valence-electron chi connectivity index (χ1n) is 8.46. The Morgan fingerprint density at radius 1 is 0.852 bits per heavy atom. The third-order valence-electron chi connectivity index (χ3n) is 3.89. The van der Waals surface area contributed by atoms with Gasteiger partial charge in [-0.3, -0.25) is 9.59 Å². The van der Waals surface area contributed by atoms with Crippen molar-refractivity contribution in [3.8, 4) is 0 Å². The SMILES string of the molecule is O=C(Cc1ccc(Cl)cc1)O[C@@H](C(=O)Nc1ccccc1)c1ccccc1. The van der Waals surface area contributed by atoms with E-state index in [4.69, 9.17) is 16.3 Å². The lowest BCUT2D eigenvalue weighted by molar-refractivity contribution is -0.154. The maximum absolute atomic E-state index is 12.7. The molecule has 1 atom stereocenters. The minimum Gasteiger partial charge on any atom is -0.447 e. The van der Waals surface area contributed by atoms with Crippen LogP contribution in [0.4, 0.5) is 5.69 Å². The van der Waals surface area contributed by atoms with Crippen LogP contribution in [0, 0.1) is 0 Å². The number of rotatable bonds is 6. The van der Waals surface area contributed by atoms with E-state index in [9.17, 15) is 9.59 Å². The van der Waals surface area contributed by atoms with Gasteiger partial charge in [0.2, 0.25) is 6.10 Å².